The van der Waals surface area contributed by atoms with Crippen molar-refractivity contribution in [2.24, 2.45) is 34.5 Å². The molecule has 0 radical (unpaired) electrons. The summed E-state index contributed by atoms with van der Waals surface area (Å²) in [4.78, 5) is 38.0. The summed E-state index contributed by atoms with van der Waals surface area (Å²) in [5, 5.41) is 0.569. The summed E-state index contributed by atoms with van der Waals surface area (Å²) < 4.78 is 6.26. The Labute approximate surface area is 200 Å². The van der Waals surface area contributed by atoms with E-state index in [1.807, 2.05) is 6.08 Å². The molecule has 1 aromatic rings. The van der Waals surface area contributed by atoms with Crippen LogP contribution in [0.5, 0.6) is 0 Å². The smallest absolute Gasteiger partial charge is 0.338 e. The molecule has 0 bridgehead atoms. The zero-order chi connectivity index (χ0) is 23.5. The van der Waals surface area contributed by atoms with Crippen molar-refractivity contribution in [2.45, 2.75) is 59.0 Å². The number of esters is 1. The van der Waals surface area contributed by atoms with Crippen LogP contribution in [0.3, 0.4) is 0 Å². The predicted octanol–water partition coefficient (Wildman–Crippen LogP) is 5.99. The third-order valence-corrected chi connectivity index (χ3v) is 9.70. The van der Waals surface area contributed by atoms with E-state index in [1.165, 1.54) is 5.57 Å². The molecule has 5 heteroatoms. The van der Waals surface area contributed by atoms with E-state index in [-0.39, 0.29) is 46.3 Å². The summed E-state index contributed by atoms with van der Waals surface area (Å²) in [5.41, 5.74) is 1.08. The minimum absolute atomic E-state index is 0.0600. The molecule has 4 aliphatic carbocycles. The van der Waals surface area contributed by atoms with Gasteiger partial charge in [0.05, 0.1) is 5.56 Å². The molecule has 0 N–H and O–H groups in total. The van der Waals surface area contributed by atoms with Gasteiger partial charge >= 0.3 is 5.97 Å². The van der Waals surface area contributed by atoms with Gasteiger partial charge in [-0.05, 0) is 93.2 Å². The van der Waals surface area contributed by atoms with Crippen molar-refractivity contribution in [1.29, 1.82) is 0 Å². The van der Waals surface area contributed by atoms with Crippen LogP contribution >= 0.6 is 11.6 Å². The molecule has 3 fully saturated rings. The van der Waals surface area contributed by atoms with Crippen molar-refractivity contribution >= 4 is 29.1 Å². The van der Waals surface area contributed by atoms with E-state index in [9.17, 15) is 14.4 Å². The van der Waals surface area contributed by atoms with Gasteiger partial charge in [0, 0.05) is 21.8 Å². The van der Waals surface area contributed by atoms with Crippen LogP contribution in [0.25, 0.3) is 0 Å². The molecule has 0 aliphatic heterocycles. The molecule has 174 valence electrons. The molecule has 3 saturated carbocycles. The van der Waals surface area contributed by atoms with Gasteiger partial charge < -0.3 is 4.74 Å². The van der Waals surface area contributed by atoms with Gasteiger partial charge in [0.2, 0.25) is 0 Å². The second-order valence-corrected chi connectivity index (χ2v) is 11.3. The maximum absolute atomic E-state index is 13.2. The lowest BCUT2D eigenvalue weighted by molar-refractivity contribution is -0.146. The van der Waals surface area contributed by atoms with Gasteiger partial charge in [-0.15, -0.1) is 0 Å². The number of hydrogen-bond acceptors (Lipinski definition) is 4. The first-order valence-corrected chi connectivity index (χ1v) is 12.4. The summed E-state index contributed by atoms with van der Waals surface area (Å²) >= 11 is 6.00. The maximum atomic E-state index is 13.2. The molecule has 0 saturated heterocycles. The molecule has 4 aliphatic rings. The van der Waals surface area contributed by atoms with Gasteiger partial charge in [0.25, 0.3) is 0 Å². The quantitative estimate of drug-likeness (QED) is 0.513. The fraction of sp³-hybridized carbons (Fsp3) is 0.536. The Morgan fingerprint density at radius 2 is 1.79 bits per heavy atom. The molecular formula is C28H31ClO4. The van der Waals surface area contributed by atoms with E-state index in [0.29, 0.717) is 28.8 Å². The van der Waals surface area contributed by atoms with Crippen molar-refractivity contribution in [3.05, 3.63) is 58.7 Å². The Kier molecular flexibility index (Phi) is 5.43. The number of ether oxygens (including phenoxy) is 1. The Balaban J connectivity index is 1.53. The fourth-order valence-corrected chi connectivity index (χ4v) is 7.89. The van der Waals surface area contributed by atoms with Crippen molar-refractivity contribution in [1.82, 2.24) is 0 Å². The molecule has 5 rings (SSSR count). The highest BCUT2D eigenvalue weighted by atomic mass is 35.5. The van der Waals surface area contributed by atoms with E-state index in [2.05, 4.69) is 19.9 Å². The van der Waals surface area contributed by atoms with Crippen molar-refractivity contribution < 1.29 is 19.1 Å². The van der Waals surface area contributed by atoms with Crippen LogP contribution in [0.2, 0.25) is 5.02 Å². The minimum Gasteiger partial charge on any atom is -0.458 e. The van der Waals surface area contributed by atoms with Gasteiger partial charge in [0.1, 0.15) is 11.9 Å². The van der Waals surface area contributed by atoms with E-state index >= 15 is 0 Å². The number of benzene rings is 1. The number of hydrogen-bond donors (Lipinski definition) is 0. The van der Waals surface area contributed by atoms with Crippen LogP contribution in [0.15, 0.2) is 48.1 Å². The Hall–Kier alpha value is -2.20. The summed E-state index contributed by atoms with van der Waals surface area (Å²) in [6, 6.07) is 6.75. The zero-order valence-corrected chi connectivity index (χ0v) is 20.2. The van der Waals surface area contributed by atoms with Gasteiger partial charge in [-0.3, -0.25) is 9.59 Å². The first kappa shape index (κ1) is 22.6. The number of carbonyl (C=O) groups excluding carboxylic acids is 3. The molecule has 0 spiro atoms. The highest BCUT2D eigenvalue weighted by molar-refractivity contribution is 6.30. The van der Waals surface area contributed by atoms with Gasteiger partial charge in [-0.2, -0.15) is 0 Å². The first-order chi connectivity index (χ1) is 15.6. The number of halogens is 1. The van der Waals surface area contributed by atoms with Crippen LogP contribution < -0.4 is 0 Å². The van der Waals surface area contributed by atoms with Crippen molar-refractivity contribution in [3.8, 4) is 0 Å². The normalized spacial score (nSPS) is 39.2. The SMILES string of the molecule is CC(=O)[C@H]1CC[C@H]2[C@@H]3CCC4=CC(=O)C=C[C@]4(C)[C@H]3C[C@H](OC(=O)c3ccc(Cl)cc3)[C@]12C. The molecule has 1 aromatic carbocycles. The molecule has 7 atom stereocenters. The second-order valence-electron chi connectivity index (χ2n) is 10.8. The van der Waals surface area contributed by atoms with E-state index < -0.39 is 0 Å². The van der Waals surface area contributed by atoms with Gasteiger partial charge in [0.15, 0.2) is 5.78 Å². The summed E-state index contributed by atoms with van der Waals surface area (Å²) in [6.07, 6.45) is 9.71. The molecule has 0 heterocycles. The van der Waals surface area contributed by atoms with E-state index in [1.54, 1.807) is 37.3 Å². The molecular weight excluding hydrogens is 436 g/mol. The highest BCUT2D eigenvalue weighted by Gasteiger charge is 2.64. The minimum atomic E-state index is -0.374. The molecule has 0 aromatic heterocycles. The predicted molar refractivity (Wildman–Crippen MR) is 127 cm³/mol. The number of fused-ring (bicyclic) bond motifs is 5. The van der Waals surface area contributed by atoms with Gasteiger partial charge in [-0.25, -0.2) is 4.79 Å². The molecule has 0 amide bonds. The standard InChI is InChI=1S/C28H31ClO4/c1-16(30)22-10-11-23-21-9-6-18-14-20(31)12-13-27(18,2)24(21)15-25(28(22,23)3)33-26(32)17-4-7-19(29)8-5-17/h4-5,7-8,12-14,21-25H,6,9-11,15H2,1-3H3/t21-,22+,23-,24-,25-,27-,28+/m0/s1. The highest BCUT2D eigenvalue weighted by Crippen LogP contribution is 2.66. The third-order valence-electron chi connectivity index (χ3n) is 9.45. The second kappa shape index (κ2) is 7.94. The number of carbonyl (C=O) groups is 3. The van der Waals surface area contributed by atoms with Crippen LogP contribution in [0.4, 0.5) is 0 Å². The lowest BCUT2D eigenvalue weighted by atomic mass is 9.46. The first-order valence-electron chi connectivity index (χ1n) is 12.1. The number of allylic oxidation sites excluding steroid dienone is 4. The number of ketones is 2. The summed E-state index contributed by atoms with van der Waals surface area (Å²) in [7, 11) is 0. The van der Waals surface area contributed by atoms with Crippen molar-refractivity contribution in [2.75, 3.05) is 0 Å². The Morgan fingerprint density at radius 1 is 1.06 bits per heavy atom. The van der Waals surface area contributed by atoms with E-state index in [4.69, 9.17) is 16.3 Å². The molecule has 4 nitrogen and oxygen atoms in total. The lowest BCUT2D eigenvalue weighted by Gasteiger charge is -2.59. The summed E-state index contributed by atoms with van der Waals surface area (Å²) in [5.74, 6) is 0.827. The fourth-order valence-electron chi connectivity index (χ4n) is 7.76. The molecule has 33 heavy (non-hydrogen) atoms. The molecule has 0 unspecified atom stereocenters. The number of rotatable bonds is 3. The monoisotopic (exact) mass is 466 g/mol. The van der Waals surface area contributed by atoms with Crippen LogP contribution in [0, 0.1) is 34.5 Å². The van der Waals surface area contributed by atoms with Crippen LogP contribution in [0.1, 0.15) is 63.2 Å². The van der Waals surface area contributed by atoms with Gasteiger partial charge in [-0.1, -0.05) is 37.1 Å². The number of Topliss-reactive ketones (excluding diaryl/α,β-unsaturated/α-hetero) is 1. The van der Waals surface area contributed by atoms with Crippen LogP contribution in [-0.2, 0) is 14.3 Å². The maximum Gasteiger partial charge on any atom is 0.338 e. The Morgan fingerprint density at radius 3 is 2.48 bits per heavy atom. The topological polar surface area (TPSA) is 60.4 Å². The Bertz CT molecular complexity index is 1070. The largest absolute Gasteiger partial charge is 0.458 e. The van der Waals surface area contributed by atoms with E-state index in [0.717, 1.165) is 25.7 Å². The summed E-state index contributed by atoms with van der Waals surface area (Å²) in [6.45, 7) is 6.10. The average molecular weight is 467 g/mol. The average Bonchev–Trinajstić information content (AvgIpc) is 3.14. The zero-order valence-electron chi connectivity index (χ0n) is 19.5. The van der Waals surface area contributed by atoms with Crippen LogP contribution in [-0.4, -0.2) is 23.6 Å². The lowest BCUT2D eigenvalue weighted by Crippen LogP contribution is -2.57. The van der Waals surface area contributed by atoms with Crippen molar-refractivity contribution in [3.63, 3.8) is 0 Å². The third kappa shape index (κ3) is 3.44.